The molecule has 5 nitrogen and oxygen atoms in total. The Morgan fingerprint density at radius 2 is 2.00 bits per heavy atom. The minimum atomic E-state index is -0.569. The Morgan fingerprint density at radius 1 is 1.22 bits per heavy atom. The topological polar surface area (TPSA) is 64.6 Å². The summed E-state index contributed by atoms with van der Waals surface area (Å²) in [5, 5.41) is 3.25. The minimum Gasteiger partial charge on any atom is -0.497 e. The fourth-order valence-electron chi connectivity index (χ4n) is 2.54. The smallest absolute Gasteiger partial charge is 0.308 e. The molecule has 1 atom stereocenters. The van der Waals surface area contributed by atoms with Crippen molar-refractivity contribution in [3.05, 3.63) is 58.6 Å². The second-order valence-electron chi connectivity index (χ2n) is 5.66. The van der Waals surface area contributed by atoms with E-state index in [0.29, 0.717) is 16.3 Å². The highest BCUT2D eigenvalue weighted by Crippen LogP contribution is 2.26. The van der Waals surface area contributed by atoms with Gasteiger partial charge in [0.1, 0.15) is 5.75 Å². The third kappa shape index (κ3) is 5.91. The van der Waals surface area contributed by atoms with Crippen molar-refractivity contribution >= 4 is 35.2 Å². The van der Waals surface area contributed by atoms with Gasteiger partial charge < -0.3 is 14.8 Å². The molecule has 1 N–H and O–H groups in total. The number of amides is 1. The third-order valence-corrected chi connectivity index (χ3v) is 4.95. The molecule has 0 saturated heterocycles. The molecule has 0 saturated carbocycles. The molecule has 0 aromatic heterocycles. The molecule has 2 aromatic rings. The van der Waals surface area contributed by atoms with E-state index in [1.54, 1.807) is 44.4 Å². The van der Waals surface area contributed by atoms with Crippen LogP contribution >= 0.6 is 23.4 Å². The van der Waals surface area contributed by atoms with Crippen molar-refractivity contribution in [3.8, 4) is 5.75 Å². The predicted molar refractivity (Wildman–Crippen MR) is 108 cm³/mol. The number of methoxy groups -OCH3 is 1. The van der Waals surface area contributed by atoms with Crippen molar-refractivity contribution in [1.29, 1.82) is 0 Å². The molecule has 0 bridgehead atoms. The molecule has 0 spiro atoms. The number of hydrogen-bond acceptors (Lipinski definition) is 5. The predicted octanol–water partition coefficient (Wildman–Crippen LogP) is 4.49. The van der Waals surface area contributed by atoms with Crippen molar-refractivity contribution in [2.24, 2.45) is 0 Å². The number of carbonyl (C=O) groups is 2. The van der Waals surface area contributed by atoms with Gasteiger partial charge in [-0.05, 0) is 49.1 Å². The number of hydrogen-bond donors (Lipinski definition) is 1. The monoisotopic (exact) mass is 407 g/mol. The zero-order valence-corrected chi connectivity index (χ0v) is 17.0. The fourth-order valence-corrected chi connectivity index (χ4v) is 3.18. The minimum absolute atomic E-state index is 0.00653. The molecule has 0 fully saturated rings. The fraction of sp³-hybridized carbons (Fsp3) is 0.300. The summed E-state index contributed by atoms with van der Waals surface area (Å²) in [4.78, 5) is 25.8. The number of rotatable bonds is 8. The SMILES string of the molecule is CCOC(=O)CC(NC(=O)c1cc(SC)ccc1Cl)c1cccc(OC)c1. The molecule has 7 heteroatoms. The van der Waals surface area contributed by atoms with Crippen molar-refractivity contribution in [2.75, 3.05) is 20.0 Å². The first-order valence-electron chi connectivity index (χ1n) is 8.42. The lowest BCUT2D eigenvalue weighted by atomic mass is 10.0. The van der Waals surface area contributed by atoms with E-state index < -0.39 is 12.0 Å². The van der Waals surface area contributed by atoms with E-state index in [9.17, 15) is 9.59 Å². The summed E-state index contributed by atoms with van der Waals surface area (Å²) in [6.45, 7) is 2.02. The van der Waals surface area contributed by atoms with Gasteiger partial charge in [-0.25, -0.2) is 0 Å². The highest BCUT2D eigenvalue weighted by atomic mass is 35.5. The van der Waals surface area contributed by atoms with Crippen molar-refractivity contribution < 1.29 is 19.1 Å². The molecule has 0 aliphatic carbocycles. The number of benzene rings is 2. The Labute approximate surface area is 168 Å². The first kappa shape index (κ1) is 21.1. The second-order valence-corrected chi connectivity index (χ2v) is 6.94. The average Bonchev–Trinajstić information content (AvgIpc) is 2.68. The summed E-state index contributed by atoms with van der Waals surface area (Å²) >= 11 is 7.72. The molecule has 2 rings (SSSR count). The second kappa shape index (κ2) is 10.2. The van der Waals surface area contributed by atoms with E-state index in [1.165, 1.54) is 11.8 Å². The molecule has 0 aliphatic rings. The number of carbonyl (C=O) groups excluding carboxylic acids is 2. The van der Waals surface area contributed by atoms with Gasteiger partial charge >= 0.3 is 5.97 Å². The van der Waals surface area contributed by atoms with E-state index in [1.807, 2.05) is 18.4 Å². The third-order valence-electron chi connectivity index (χ3n) is 3.90. The van der Waals surface area contributed by atoms with Gasteiger partial charge in [-0.3, -0.25) is 9.59 Å². The van der Waals surface area contributed by atoms with Gasteiger partial charge in [0.15, 0.2) is 0 Å². The maximum atomic E-state index is 12.8. The van der Waals surface area contributed by atoms with Crippen molar-refractivity contribution in [2.45, 2.75) is 24.3 Å². The van der Waals surface area contributed by atoms with Crippen LogP contribution in [0.2, 0.25) is 5.02 Å². The van der Waals surface area contributed by atoms with E-state index in [4.69, 9.17) is 21.1 Å². The molecule has 0 aliphatic heterocycles. The molecule has 0 radical (unpaired) electrons. The Bertz CT molecular complexity index is 812. The van der Waals surface area contributed by atoms with Gasteiger partial charge in [-0.15, -0.1) is 11.8 Å². The normalized spacial score (nSPS) is 11.6. The zero-order chi connectivity index (χ0) is 19.8. The summed E-state index contributed by atoms with van der Waals surface area (Å²) in [6.07, 6.45) is 1.93. The summed E-state index contributed by atoms with van der Waals surface area (Å²) < 4.78 is 10.3. The number of esters is 1. The summed E-state index contributed by atoms with van der Waals surface area (Å²) in [7, 11) is 1.56. The van der Waals surface area contributed by atoms with E-state index in [-0.39, 0.29) is 18.9 Å². The molecule has 1 unspecified atom stereocenters. The molecular weight excluding hydrogens is 386 g/mol. The number of halogens is 1. The van der Waals surface area contributed by atoms with Crippen LogP contribution < -0.4 is 10.1 Å². The van der Waals surface area contributed by atoms with Crippen molar-refractivity contribution in [3.63, 3.8) is 0 Å². The lowest BCUT2D eigenvalue weighted by molar-refractivity contribution is -0.143. The molecule has 2 aromatic carbocycles. The Hall–Kier alpha value is -2.18. The lowest BCUT2D eigenvalue weighted by Crippen LogP contribution is -2.31. The molecular formula is C20H22ClNO4S. The van der Waals surface area contributed by atoms with E-state index >= 15 is 0 Å². The van der Waals surface area contributed by atoms with Crippen LogP contribution in [-0.2, 0) is 9.53 Å². The van der Waals surface area contributed by atoms with Gasteiger partial charge in [0.2, 0.25) is 0 Å². The summed E-state index contributed by atoms with van der Waals surface area (Å²) in [6, 6.07) is 11.9. The van der Waals surface area contributed by atoms with Gasteiger partial charge in [0, 0.05) is 4.90 Å². The highest BCUT2D eigenvalue weighted by molar-refractivity contribution is 7.98. The van der Waals surface area contributed by atoms with Crippen LogP contribution in [0.4, 0.5) is 0 Å². The summed E-state index contributed by atoms with van der Waals surface area (Å²) in [5.74, 6) is -0.111. The van der Waals surface area contributed by atoms with Gasteiger partial charge in [0.25, 0.3) is 5.91 Å². The first-order chi connectivity index (χ1) is 13.0. The molecule has 27 heavy (non-hydrogen) atoms. The van der Waals surface area contributed by atoms with Crippen LogP contribution in [0, 0.1) is 0 Å². The van der Waals surface area contributed by atoms with Crippen LogP contribution in [-0.4, -0.2) is 31.8 Å². The van der Waals surface area contributed by atoms with Crippen LogP contribution in [0.5, 0.6) is 5.75 Å². The van der Waals surface area contributed by atoms with Crippen LogP contribution in [0.1, 0.15) is 35.3 Å². The number of nitrogens with one attached hydrogen (secondary N) is 1. The summed E-state index contributed by atoms with van der Waals surface area (Å²) in [5.41, 5.74) is 1.10. The molecule has 0 heterocycles. The van der Waals surface area contributed by atoms with Gasteiger partial charge in [-0.1, -0.05) is 23.7 Å². The standard InChI is InChI=1S/C20H22ClNO4S/c1-4-26-19(23)12-18(13-6-5-7-14(10-13)25-2)22-20(24)16-11-15(27-3)8-9-17(16)21/h5-11,18H,4,12H2,1-3H3,(H,22,24). The van der Waals surface area contributed by atoms with Gasteiger partial charge in [0.05, 0.1) is 36.8 Å². The average molecular weight is 408 g/mol. The number of thioether (sulfide) groups is 1. The quantitative estimate of drug-likeness (QED) is 0.515. The van der Waals surface area contributed by atoms with E-state index in [0.717, 1.165) is 10.5 Å². The zero-order valence-electron chi connectivity index (χ0n) is 15.5. The van der Waals surface area contributed by atoms with Crippen LogP contribution in [0.3, 0.4) is 0 Å². The number of ether oxygens (including phenoxy) is 2. The van der Waals surface area contributed by atoms with Crippen LogP contribution in [0.25, 0.3) is 0 Å². The maximum Gasteiger partial charge on any atom is 0.308 e. The van der Waals surface area contributed by atoms with E-state index in [2.05, 4.69) is 5.32 Å². The lowest BCUT2D eigenvalue weighted by Gasteiger charge is -2.20. The largest absolute Gasteiger partial charge is 0.497 e. The highest BCUT2D eigenvalue weighted by Gasteiger charge is 2.22. The Balaban J connectivity index is 2.30. The molecule has 1 amide bonds. The Kier molecular flexibility index (Phi) is 8.00. The van der Waals surface area contributed by atoms with Gasteiger partial charge in [-0.2, -0.15) is 0 Å². The van der Waals surface area contributed by atoms with Crippen LogP contribution in [0.15, 0.2) is 47.4 Å². The molecule has 144 valence electrons. The van der Waals surface area contributed by atoms with Crippen molar-refractivity contribution in [1.82, 2.24) is 5.32 Å². The Morgan fingerprint density at radius 3 is 2.67 bits per heavy atom. The maximum absolute atomic E-state index is 12.8. The first-order valence-corrected chi connectivity index (χ1v) is 10.0.